The van der Waals surface area contributed by atoms with E-state index in [0.29, 0.717) is 11.8 Å². The number of aliphatic hydroxyl groups is 1. The third-order valence-corrected chi connectivity index (χ3v) is 6.09. The van der Waals surface area contributed by atoms with Gasteiger partial charge < -0.3 is 14.9 Å². The van der Waals surface area contributed by atoms with Crippen molar-refractivity contribution in [2.45, 2.75) is 32.1 Å². The van der Waals surface area contributed by atoms with Crippen LogP contribution in [0.5, 0.6) is 0 Å². The molecule has 28 heavy (non-hydrogen) atoms. The molecule has 5 nitrogen and oxygen atoms in total. The molecule has 1 aromatic carbocycles. The summed E-state index contributed by atoms with van der Waals surface area (Å²) < 4.78 is 13.4. The zero-order chi connectivity index (χ0) is 19.3. The molecule has 0 bridgehead atoms. The molecule has 2 saturated heterocycles. The van der Waals surface area contributed by atoms with E-state index in [4.69, 9.17) is 0 Å². The van der Waals surface area contributed by atoms with E-state index < -0.39 is 0 Å². The molecule has 1 atom stereocenters. The SMILES string of the molecule is OCC1CCCN(c2cc(N3CCC(Cc4cccc(F)c4)CC3)ncn2)C1. The van der Waals surface area contributed by atoms with Crippen LogP contribution in [-0.2, 0) is 6.42 Å². The lowest BCUT2D eigenvalue weighted by Gasteiger charge is -2.35. The molecule has 0 radical (unpaired) electrons. The molecule has 0 spiro atoms. The van der Waals surface area contributed by atoms with Crippen LogP contribution in [0.3, 0.4) is 0 Å². The molecule has 6 heteroatoms. The summed E-state index contributed by atoms with van der Waals surface area (Å²) in [5.74, 6) is 2.73. The first-order valence-electron chi connectivity index (χ1n) is 10.4. The average Bonchev–Trinajstić information content (AvgIpc) is 2.74. The Morgan fingerprint density at radius 2 is 1.75 bits per heavy atom. The minimum Gasteiger partial charge on any atom is -0.396 e. The van der Waals surface area contributed by atoms with Gasteiger partial charge in [0.1, 0.15) is 23.8 Å². The standard InChI is InChI=1S/C22H29FN4O/c23-20-5-1-3-18(12-20)11-17-6-9-26(10-7-17)21-13-22(25-16-24-21)27-8-2-4-19(14-27)15-28/h1,3,5,12-13,16-17,19,28H,2,4,6-11,14-15H2. The Morgan fingerprint density at radius 3 is 2.50 bits per heavy atom. The van der Waals surface area contributed by atoms with E-state index in [1.54, 1.807) is 18.5 Å². The van der Waals surface area contributed by atoms with E-state index in [9.17, 15) is 9.50 Å². The number of benzene rings is 1. The monoisotopic (exact) mass is 384 g/mol. The second-order valence-corrected chi connectivity index (χ2v) is 8.14. The molecular weight excluding hydrogens is 355 g/mol. The zero-order valence-corrected chi connectivity index (χ0v) is 16.3. The van der Waals surface area contributed by atoms with Gasteiger partial charge in [-0.15, -0.1) is 0 Å². The predicted molar refractivity (Wildman–Crippen MR) is 109 cm³/mol. The third kappa shape index (κ3) is 4.61. The van der Waals surface area contributed by atoms with Crippen LogP contribution in [0.25, 0.3) is 0 Å². The van der Waals surface area contributed by atoms with Crippen molar-refractivity contribution < 1.29 is 9.50 Å². The van der Waals surface area contributed by atoms with Crippen molar-refractivity contribution in [2.24, 2.45) is 11.8 Å². The number of hydrogen-bond donors (Lipinski definition) is 1. The molecule has 3 heterocycles. The number of nitrogens with zero attached hydrogens (tertiary/aromatic N) is 4. The molecule has 2 fully saturated rings. The first-order valence-corrected chi connectivity index (χ1v) is 10.4. The van der Waals surface area contributed by atoms with E-state index >= 15 is 0 Å². The van der Waals surface area contributed by atoms with Crippen LogP contribution in [0.2, 0.25) is 0 Å². The summed E-state index contributed by atoms with van der Waals surface area (Å²) in [5, 5.41) is 9.47. The quantitative estimate of drug-likeness (QED) is 0.857. The number of halogens is 1. The first kappa shape index (κ1) is 19.1. The molecule has 0 saturated carbocycles. The van der Waals surface area contributed by atoms with Crippen LogP contribution in [-0.4, -0.2) is 47.9 Å². The lowest BCUT2D eigenvalue weighted by molar-refractivity contribution is 0.208. The van der Waals surface area contributed by atoms with Crippen LogP contribution in [0, 0.1) is 17.7 Å². The molecule has 2 aliphatic rings. The molecule has 150 valence electrons. The van der Waals surface area contributed by atoms with Crippen molar-refractivity contribution in [1.29, 1.82) is 0 Å². The maximum atomic E-state index is 13.4. The maximum absolute atomic E-state index is 13.4. The van der Waals surface area contributed by atoms with Crippen LogP contribution < -0.4 is 9.80 Å². The van der Waals surface area contributed by atoms with E-state index in [0.717, 1.165) is 75.5 Å². The first-order chi connectivity index (χ1) is 13.7. The van der Waals surface area contributed by atoms with Gasteiger partial charge in [-0.2, -0.15) is 0 Å². The zero-order valence-electron chi connectivity index (χ0n) is 16.3. The van der Waals surface area contributed by atoms with Gasteiger partial charge in [0.2, 0.25) is 0 Å². The maximum Gasteiger partial charge on any atom is 0.134 e. The summed E-state index contributed by atoms with van der Waals surface area (Å²) in [6.07, 6.45) is 6.96. The Morgan fingerprint density at radius 1 is 0.964 bits per heavy atom. The largest absolute Gasteiger partial charge is 0.396 e. The van der Waals surface area contributed by atoms with Crippen LogP contribution in [0.15, 0.2) is 36.7 Å². The van der Waals surface area contributed by atoms with Gasteiger partial charge in [-0.3, -0.25) is 0 Å². The number of aliphatic hydroxyl groups excluding tert-OH is 1. The average molecular weight is 384 g/mol. The van der Waals surface area contributed by atoms with Crippen molar-refractivity contribution in [3.63, 3.8) is 0 Å². The van der Waals surface area contributed by atoms with Gasteiger partial charge in [-0.05, 0) is 61.6 Å². The Hall–Kier alpha value is -2.21. The minimum absolute atomic E-state index is 0.149. The van der Waals surface area contributed by atoms with Crippen molar-refractivity contribution in [3.05, 3.63) is 48.0 Å². The molecule has 1 unspecified atom stereocenters. The van der Waals surface area contributed by atoms with E-state index in [1.165, 1.54) is 6.07 Å². The van der Waals surface area contributed by atoms with Crippen LogP contribution >= 0.6 is 0 Å². The highest BCUT2D eigenvalue weighted by Crippen LogP contribution is 2.28. The van der Waals surface area contributed by atoms with Crippen LogP contribution in [0.4, 0.5) is 16.0 Å². The van der Waals surface area contributed by atoms with Gasteiger partial charge in [0.15, 0.2) is 0 Å². The number of rotatable bonds is 5. The normalized spacial score (nSPS) is 21.1. The Labute approximate surface area is 166 Å². The lowest BCUT2D eigenvalue weighted by Crippen LogP contribution is -2.38. The Bertz CT molecular complexity index is 779. The molecule has 2 aromatic rings. The lowest BCUT2D eigenvalue weighted by atomic mass is 9.90. The summed E-state index contributed by atoms with van der Waals surface area (Å²) in [6.45, 7) is 4.03. The Kier molecular flexibility index (Phi) is 6.05. The highest BCUT2D eigenvalue weighted by Gasteiger charge is 2.23. The van der Waals surface area contributed by atoms with E-state index in [-0.39, 0.29) is 12.4 Å². The van der Waals surface area contributed by atoms with Gasteiger partial charge in [-0.25, -0.2) is 14.4 Å². The highest BCUT2D eigenvalue weighted by atomic mass is 19.1. The Balaban J connectivity index is 1.35. The fourth-order valence-corrected chi connectivity index (χ4v) is 4.47. The van der Waals surface area contributed by atoms with Gasteiger partial charge in [0.25, 0.3) is 0 Å². The molecule has 1 aromatic heterocycles. The second kappa shape index (κ2) is 8.86. The minimum atomic E-state index is -0.149. The van der Waals surface area contributed by atoms with Crippen molar-refractivity contribution >= 4 is 11.6 Å². The van der Waals surface area contributed by atoms with Crippen molar-refractivity contribution in [2.75, 3.05) is 42.6 Å². The molecule has 2 aliphatic heterocycles. The van der Waals surface area contributed by atoms with Gasteiger partial charge in [-0.1, -0.05) is 12.1 Å². The number of piperidine rings is 2. The van der Waals surface area contributed by atoms with E-state index in [2.05, 4.69) is 25.8 Å². The fraction of sp³-hybridized carbons (Fsp3) is 0.545. The van der Waals surface area contributed by atoms with Gasteiger partial charge in [0, 0.05) is 38.9 Å². The topological polar surface area (TPSA) is 52.5 Å². The molecule has 0 aliphatic carbocycles. The summed E-state index contributed by atoms with van der Waals surface area (Å²) in [6, 6.07) is 9.06. The predicted octanol–water partition coefficient (Wildman–Crippen LogP) is 3.28. The summed E-state index contributed by atoms with van der Waals surface area (Å²) in [4.78, 5) is 13.6. The van der Waals surface area contributed by atoms with E-state index in [1.807, 2.05) is 6.07 Å². The third-order valence-electron chi connectivity index (χ3n) is 6.09. The molecule has 4 rings (SSSR count). The number of anilines is 2. The summed E-state index contributed by atoms with van der Waals surface area (Å²) >= 11 is 0. The smallest absolute Gasteiger partial charge is 0.134 e. The van der Waals surface area contributed by atoms with Crippen molar-refractivity contribution in [1.82, 2.24) is 9.97 Å². The van der Waals surface area contributed by atoms with Crippen LogP contribution in [0.1, 0.15) is 31.2 Å². The number of aromatic nitrogens is 2. The second-order valence-electron chi connectivity index (χ2n) is 8.14. The van der Waals surface area contributed by atoms with Gasteiger partial charge in [0.05, 0.1) is 0 Å². The fourth-order valence-electron chi connectivity index (χ4n) is 4.47. The molecule has 0 amide bonds. The molecular formula is C22H29FN4O. The number of hydrogen-bond acceptors (Lipinski definition) is 5. The van der Waals surface area contributed by atoms with Gasteiger partial charge >= 0.3 is 0 Å². The summed E-state index contributed by atoms with van der Waals surface area (Å²) in [7, 11) is 0. The van der Waals surface area contributed by atoms with Crippen molar-refractivity contribution in [3.8, 4) is 0 Å². The highest BCUT2D eigenvalue weighted by molar-refractivity contribution is 5.50. The molecule has 1 N–H and O–H groups in total. The summed E-state index contributed by atoms with van der Waals surface area (Å²) in [5.41, 5.74) is 1.09.